The number of morpholine rings is 1. The van der Waals surface area contributed by atoms with E-state index in [0.717, 1.165) is 52.5 Å². The predicted molar refractivity (Wildman–Crippen MR) is 77.5 cm³/mol. The Morgan fingerprint density at radius 2 is 2.00 bits per heavy atom. The summed E-state index contributed by atoms with van der Waals surface area (Å²) in [5.74, 6) is 0.980. The van der Waals surface area contributed by atoms with Gasteiger partial charge in [0.2, 0.25) is 0 Å². The minimum Gasteiger partial charge on any atom is -0.378 e. The molecule has 3 rings (SSSR count). The summed E-state index contributed by atoms with van der Waals surface area (Å²) in [4.78, 5) is 6.94. The zero-order valence-corrected chi connectivity index (χ0v) is 12.0. The molecule has 0 unspecified atom stereocenters. The van der Waals surface area contributed by atoms with Crippen LogP contribution >= 0.6 is 27.5 Å². The van der Waals surface area contributed by atoms with Gasteiger partial charge in [-0.25, -0.2) is 4.98 Å². The maximum absolute atomic E-state index is 5.99. The maximum Gasteiger partial charge on any atom is 0.143 e. The predicted octanol–water partition coefficient (Wildman–Crippen LogP) is 3.49. The van der Waals surface area contributed by atoms with Gasteiger partial charge in [-0.15, -0.1) is 0 Å². The quantitative estimate of drug-likeness (QED) is 0.802. The molecule has 1 saturated heterocycles. The van der Waals surface area contributed by atoms with Crippen LogP contribution in [-0.2, 0) is 4.74 Å². The molecule has 0 bridgehead atoms. The fraction of sp³-hybridized carbons (Fsp3) is 0.308. The summed E-state index contributed by atoms with van der Waals surface area (Å²) in [5.41, 5.74) is 0.962. The summed E-state index contributed by atoms with van der Waals surface area (Å²) >= 11 is 9.58. The van der Waals surface area contributed by atoms with Crippen molar-refractivity contribution in [3.05, 3.63) is 33.8 Å². The number of nitrogens with zero attached hydrogens (tertiary/aromatic N) is 2. The van der Waals surface area contributed by atoms with Gasteiger partial charge < -0.3 is 9.64 Å². The number of fused-ring (bicyclic) bond motifs is 1. The fourth-order valence-corrected chi connectivity index (χ4v) is 2.87. The molecule has 3 nitrogen and oxygen atoms in total. The number of pyridine rings is 1. The van der Waals surface area contributed by atoms with Crippen molar-refractivity contribution in [2.24, 2.45) is 0 Å². The molecule has 1 aromatic carbocycles. The topological polar surface area (TPSA) is 25.4 Å². The van der Waals surface area contributed by atoms with E-state index in [9.17, 15) is 0 Å². The highest BCUT2D eigenvalue weighted by Crippen LogP contribution is 2.29. The number of rotatable bonds is 1. The van der Waals surface area contributed by atoms with Crippen LogP contribution < -0.4 is 4.90 Å². The molecule has 2 aromatic rings. The van der Waals surface area contributed by atoms with Gasteiger partial charge in [0.05, 0.1) is 23.2 Å². The van der Waals surface area contributed by atoms with Gasteiger partial charge in [0.1, 0.15) is 5.82 Å². The highest BCUT2D eigenvalue weighted by molar-refractivity contribution is 9.10. The molecule has 18 heavy (non-hydrogen) atoms. The van der Waals surface area contributed by atoms with Crippen LogP contribution in [0.25, 0.3) is 10.9 Å². The standard InChI is InChI=1S/C13H12BrClN2O/c14-11-8-9-7-10(15)1-2-12(9)16-13(11)17-3-5-18-6-4-17/h1-2,7-8H,3-6H2. The van der Waals surface area contributed by atoms with E-state index in [1.54, 1.807) is 0 Å². The van der Waals surface area contributed by atoms with Crippen molar-refractivity contribution in [3.63, 3.8) is 0 Å². The van der Waals surface area contributed by atoms with Crippen molar-refractivity contribution in [1.82, 2.24) is 4.98 Å². The van der Waals surface area contributed by atoms with Gasteiger partial charge in [0.25, 0.3) is 0 Å². The van der Waals surface area contributed by atoms with Crippen LogP contribution in [-0.4, -0.2) is 31.3 Å². The fourth-order valence-electron chi connectivity index (χ4n) is 2.11. The van der Waals surface area contributed by atoms with Crippen molar-refractivity contribution in [2.45, 2.75) is 0 Å². The Hall–Kier alpha value is -0.840. The Kier molecular flexibility index (Phi) is 3.41. The molecule has 2 heterocycles. The second-order valence-electron chi connectivity index (χ2n) is 4.23. The SMILES string of the molecule is Clc1ccc2nc(N3CCOCC3)c(Br)cc2c1. The zero-order valence-electron chi connectivity index (χ0n) is 9.70. The number of hydrogen-bond acceptors (Lipinski definition) is 3. The Bertz CT molecular complexity index is 584. The largest absolute Gasteiger partial charge is 0.378 e. The minimum atomic E-state index is 0.732. The number of ether oxygens (including phenoxy) is 1. The number of benzene rings is 1. The van der Waals surface area contributed by atoms with Crippen LogP contribution in [0.5, 0.6) is 0 Å². The van der Waals surface area contributed by atoms with E-state index in [1.165, 1.54) is 0 Å². The van der Waals surface area contributed by atoms with Crippen molar-refractivity contribution in [2.75, 3.05) is 31.2 Å². The molecule has 0 saturated carbocycles. The van der Waals surface area contributed by atoms with E-state index in [4.69, 9.17) is 21.3 Å². The summed E-state index contributed by atoms with van der Waals surface area (Å²) in [6.45, 7) is 3.27. The van der Waals surface area contributed by atoms with Gasteiger partial charge in [-0.05, 0) is 40.2 Å². The number of anilines is 1. The third-order valence-corrected chi connectivity index (χ3v) is 3.84. The van der Waals surface area contributed by atoms with E-state index < -0.39 is 0 Å². The average Bonchev–Trinajstić information content (AvgIpc) is 2.39. The molecule has 94 valence electrons. The molecule has 0 amide bonds. The Balaban J connectivity index is 2.06. The first kappa shape index (κ1) is 12.2. The molecular formula is C13H12BrClN2O. The molecule has 0 atom stereocenters. The summed E-state index contributed by atoms with van der Waals surface area (Å²) in [6, 6.07) is 7.82. The lowest BCUT2D eigenvalue weighted by Gasteiger charge is -2.28. The van der Waals surface area contributed by atoms with Crippen molar-refractivity contribution >= 4 is 44.3 Å². The molecule has 1 aromatic heterocycles. The summed E-state index contributed by atoms with van der Waals surface area (Å²) in [6.07, 6.45) is 0. The van der Waals surface area contributed by atoms with Gasteiger partial charge in [0, 0.05) is 23.5 Å². The molecule has 0 N–H and O–H groups in total. The molecule has 0 radical (unpaired) electrons. The van der Waals surface area contributed by atoms with Gasteiger partial charge in [-0.2, -0.15) is 0 Å². The summed E-state index contributed by atoms with van der Waals surface area (Å²) < 4.78 is 6.36. The smallest absolute Gasteiger partial charge is 0.143 e. The number of halogens is 2. The first-order chi connectivity index (χ1) is 8.74. The van der Waals surface area contributed by atoms with E-state index in [-0.39, 0.29) is 0 Å². The van der Waals surface area contributed by atoms with Gasteiger partial charge in [-0.3, -0.25) is 0 Å². The third-order valence-electron chi connectivity index (χ3n) is 3.02. The number of hydrogen-bond donors (Lipinski definition) is 0. The molecule has 1 aliphatic heterocycles. The molecule has 0 aliphatic carbocycles. The average molecular weight is 328 g/mol. The van der Waals surface area contributed by atoms with Crippen LogP contribution in [0.4, 0.5) is 5.82 Å². The van der Waals surface area contributed by atoms with Crippen LogP contribution in [0.3, 0.4) is 0 Å². The van der Waals surface area contributed by atoms with E-state index in [2.05, 4.69) is 26.9 Å². The molecule has 5 heteroatoms. The minimum absolute atomic E-state index is 0.732. The van der Waals surface area contributed by atoms with Crippen LogP contribution in [0.15, 0.2) is 28.7 Å². The maximum atomic E-state index is 5.99. The van der Waals surface area contributed by atoms with Crippen molar-refractivity contribution in [3.8, 4) is 0 Å². The summed E-state index contributed by atoms with van der Waals surface area (Å²) in [7, 11) is 0. The van der Waals surface area contributed by atoms with E-state index in [0.29, 0.717) is 0 Å². The lowest BCUT2D eigenvalue weighted by atomic mass is 10.2. The van der Waals surface area contributed by atoms with E-state index in [1.807, 2.05) is 18.2 Å². The highest BCUT2D eigenvalue weighted by atomic mass is 79.9. The van der Waals surface area contributed by atoms with Gasteiger partial charge in [0.15, 0.2) is 0 Å². The zero-order chi connectivity index (χ0) is 12.5. The Morgan fingerprint density at radius 1 is 1.22 bits per heavy atom. The molecular weight excluding hydrogens is 316 g/mol. The normalized spacial score (nSPS) is 16.2. The molecule has 0 spiro atoms. The summed E-state index contributed by atoms with van der Waals surface area (Å²) in [5, 5.41) is 1.78. The van der Waals surface area contributed by atoms with Crippen LogP contribution in [0, 0.1) is 0 Å². The highest BCUT2D eigenvalue weighted by Gasteiger charge is 2.16. The Labute approximate surface area is 119 Å². The lowest BCUT2D eigenvalue weighted by Crippen LogP contribution is -2.37. The first-order valence-electron chi connectivity index (χ1n) is 5.82. The van der Waals surface area contributed by atoms with E-state index >= 15 is 0 Å². The molecule has 1 aliphatic rings. The lowest BCUT2D eigenvalue weighted by molar-refractivity contribution is 0.122. The Morgan fingerprint density at radius 3 is 2.78 bits per heavy atom. The van der Waals surface area contributed by atoms with Crippen LogP contribution in [0.2, 0.25) is 5.02 Å². The molecule has 1 fully saturated rings. The monoisotopic (exact) mass is 326 g/mol. The second kappa shape index (κ2) is 5.03. The third kappa shape index (κ3) is 2.32. The number of aromatic nitrogens is 1. The van der Waals surface area contributed by atoms with Crippen molar-refractivity contribution < 1.29 is 4.74 Å². The first-order valence-corrected chi connectivity index (χ1v) is 6.99. The van der Waals surface area contributed by atoms with Gasteiger partial charge >= 0.3 is 0 Å². The van der Waals surface area contributed by atoms with Crippen LogP contribution in [0.1, 0.15) is 0 Å². The van der Waals surface area contributed by atoms with Crippen molar-refractivity contribution in [1.29, 1.82) is 0 Å². The second-order valence-corrected chi connectivity index (χ2v) is 5.52. The van der Waals surface area contributed by atoms with Gasteiger partial charge in [-0.1, -0.05) is 11.6 Å².